The third-order valence-corrected chi connectivity index (χ3v) is 55.9. The Balaban J connectivity index is 2.15. The molecule has 0 spiro atoms. The molecule has 0 aliphatic heterocycles. The zero-order chi connectivity index (χ0) is 15.9. The molecule has 1 aliphatic rings. The van der Waals surface area contributed by atoms with Gasteiger partial charge in [-0.3, -0.25) is 0 Å². The summed E-state index contributed by atoms with van der Waals surface area (Å²) in [7, 11) is 14.0. The first-order valence-corrected chi connectivity index (χ1v) is 27.8. The van der Waals surface area contributed by atoms with Crippen LogP contribution in [0, 0.1) is 0 Å². The molecule has 0 amide bonds. The zero-order valence-corrected chi connectivity index (χ0v) is 19.4. The maximum absolute atomic E-state index is 7.01. The molecule has 114 valence electrons. The Morgan fingerprint density at radius 3 is 2.27 bits per heavy atom. The second-order valence-corrected chi connectivity index (χ2v) is 53.3. The van der Waals surface area contributed by atoms with Crippen LogP contribution in [0.1, 0.15) is 21.7 Å². The summed E-state index contributed by atoms with van der Waals surface area (Å²) in [6, 6.07) is 17.2. The van der Waals surface area contributed by atoms with Gasteiger partial charge in [-0.2, -0.15) is 0 Å². The molecular weight excluding hydrogens is 494 g/mol. The molecule has 3 rings (SSSR count). The molecule has 0 radical (unpaired) electrons. The quantitative estimate of drug-likeness (QED) is 0.425. The predicted octanol–water partition coefficient (Wildman–Crippen LogP) is 6.26. The molecule has 0 N–H and O–H groups in total. The Bertz CT molecular complexity index is 723. The van der Waals surface area contributed by atoms with Gasteiger partial charge in [-0.25, -0.2) is 0 Å². The minimum absolute atomic E-state index is 0.334. The van der Waals surface area contributed by atoms with Crippen LogP contribution in [0.15, 0.2) is 54.1 Å². The van der Waals surface area contributed by atoms with Gasteiger partial charge >= 0.3 is 146 Å². The van der Waals surface area contributed by atoms with Gasteiger partial charge in [-0.15, -0.1) is 0 Å². The van der Waals surface area contributed by atoms with E-state index in [9.17, 15) is 0 Å². The molecule has 4 heteroatoms. The molecule has 2 aromatic carbocycles. The van der Waals surface area contributed by atoms with E-state index < -0.39 is 22.8 Å². The summed E-state index contributed by atoms with van der Waals surface area (Å²) in [6.07, 6.45) is 2.32. The molecule has 22 heavy (non-hydrogen) atoms. The van der Waals surface area contributed by atoms with Gasteiger partial charge in [0.25, 0.3) is 0 Å². The minimum atomic E-state index is -3.24. The molecule has 0 fully saturated rings. The van der Waals surface area contributed by atoms with Crippen molar-refractivity contribution in [3.8, 4) is 11.1 Å². The summed E-state index contributed by atoms with van der Waals surface area (Å²) in [5.74, 6) is -1.01. The first-order chi connectivity index (χ1) is 10.4. The van der Waals surface area contributed by atoms with Crippen molar-refractivity contribution >= 4 is 29.2 Å². The number of rotatable bonds is 3. The van der Waals surface area contributed by atoms with Crippen LogP contribution in [0.2, 0.25) is 13.1 Å². The Hall–Kier alpha value is -0.153. The molecule has 0 heterocycles. The molecule has 1 aliphatic carbocycles. The fraction of sp³-hybridized carbons (Fsp3) is 0.222. The van der Waals surface area contributed by atoms with Crippen LogP contribution in [-0.2, 0) is 16.8 Å². The Morgan fingerprint density at radius 2 is 1.64 bits per heavy atom. The summed E-state index contributed by atoms with van der Waals surface area (Å²) >= 11 is -3.24. The van der Waals surface area contributed by atoms with Gasteiger partial charge in [0.05, 0.1) is 0 Å². The van der Waals surface area contributed by atoms with Crippen molar-refractivity contribution in [3.63, 3.8) is 0 Å². The molecular formula is C18H20Cl2HfSi. The molecule has 1 unspecified atom stereocenters. The molecule has 0 bridgehead atoms. The summed E-state index contributed by atoms with van der Waals surface area (Å²) in [4.78, 5) is 0. The zero-order valence-electron chi connectivity index (χ0n) is 13.1. The maximum atomic E-state index is 7.01. The van der Waals surface area contributed by atoms with Gasteiger partial charge in [-0.05, 0) is 0 Å². The van der Waals surface area contributed by atoms with E-state index >= 15 is 0 Å². The van der Waals surface area contributed by atoms with E-state index in [1.807, 2.05) is 0 Å². The normalized spacial score (nSPS) is 17.5. The second-order valence-electron chi connectivity index (χ2n) is 6.33. The first-order valence-electron chi connectivity index (χ1n) is 7.67. The van der Waals surface area contributed by atoms with Crippen molar-refractivity contribution in [1.29, 1.82) is 0 Å². The second kappa shape index (κ2) is 6.39. The number of benzene rings is 2. The fourth-order valence-electron chi connectivity index (χ4n) is 3.27. The van der Waals surface area contributed by atoms with Gasteiger partial charge < -0.3 is 0 Å². The van der Waals surface area contributed by atoms with E-state index in [-0.39, 0.29) is 0 Å². The third-order valence-electron chi connectivity index (χ3n) is 4.52. The Morgan fingerprint density at radius 1 is 0.955 bits per heavy atom. The van der Waals surface area contributed by atoms with Crippen molar-refractivity contribution in [2.75, 3.05) is 0 Å². The van der Waals surface area contributed by atoms with E-state index in [2.05, 4.69) is 74.6 Å². The fourth-order valence-corrected chi connectivity index (χ4v) is 24.4. The van der Waals surface area contributed by atoms with Crippen molar-refractivity contribution in [1.82, 2.24) is 0 Å². The number of allylic oxidation sites excluding steroid dienone is 1. The van der Waals surface area contributed by atoms with E-state index in [0.717, 1.165) is 0 Å². The Labute approximate surface area is 145 Å². The van der Waals surface area contributed by atoms with Crippen molar-refractivity contribution in [2.45, 2.75) is 23.7 Å². The van der Waals surface area contributed by atoms with Crippen molar-refractivity contribution in [3.05, 3.63) is 65.2 Å². The Kier molecular flexibility index (Phi) is 4.85. The molecule has 1 atom stereocenters. The molecule has 0 saturated carbocycles. The summed E-state index contributed by atoms with van der Waals surface area (Å²) in [5.41, 5.74) is 6.62. The molecule has 0 aromatic heterocycles. The van der Waals surface area contributed by atoms with E-state index in [1.54, 1.807) is 0 Å². The van der Waals surface area contributed by atoms with E-state index in [1.165, 1.54) is 27.8 Å². The van der Waals surface area contributed by atoms with Gasteiger partial charge in [0, 0.05) is 0 Å². The van der Waals surface area contributed by atoms with Crippen molar-refractivity contribution in [2.24, 2.45) is 0 Å². The first kappa shape index (κ1) is 16.7. The average molecular weight is 514 g/mol. The van der Waals surface area contributed by atoms with Gasteiger partial charge in [0.1, 0.15) is 0 Å². The van der Waals surface area contributed by atoms with Crippen LogP contribution < -0.4 is 0 Å². The van der Waals surface area contributed by atoms with Gasteiger partial charge in [0.2, 0.25) is 0 Å². The average Bonchev–Trinajstić information content (AvgIpc) is 2.84. The van der Waals surface area contributed by atoms with Crippen LogP contribution in [0.25, 0.3) is 17.2 Å². The van der Waals surface area contributed by atoms with Crippen LogP contribution in [0.5, 0.6) is 0 Å². The number of hydrogen-bond acceptors (Lipinski definition) is 0. The SMILES string of the molecule is CC1=Cc2c(-c3ccccc3)cccc2[CH]1[Hf]([Cl])([Cl])[SiH](C)C. The predicted molar refractivity (Wildman–Crippen MR) is 98.9 cm³/mol. The van der Waals surface area contributed by atoms with Crippen LogP contribution >= 0.6 is 17.2 Å². The monoisotopic (exact) mass is 514 g/mol. The standard InChI is InChI=1S/C16H13.C2H7Si.2ClH.Hf/c1-12-10-14-8-5-9-15(16(14)11-12)13-6-3-2-4-7-13;1-3-2;;;/h2-11H,1H3;3H,1-2H3;2*1H;/q;;;;+2/p-2. The summed E-state index contributed by atoms with van der Waals surface area (Å²) < 4.78 is 0.334. The molecule has 2 aromatic rings. The molecule has 0 saturated heterocycles. The number of fused-ring (bicyclic) bond motifs is 1. The van der Waals surface area contributed by atoms with Crippen LogP contribution in [0.3, 0.4) is 0 Å². The third kappa shape index (κ3) is 2.84. The van der Waals surface area contributed by atoms with Crippen LogP contribution in [-0.4, -0.2) is 5.98 Å². The number of halogens is 2. The van der Waals surface area contributed by atoms with E-state index in [4.69, 9.17) is 17.2 Å². The number of hydrogen-bond donors (Lipinski definition) is 0. The van der Waals surface area contributed by atoms with Crippen LogP contribution in [0.4, 0.5) is 0 Å². The summed E-state index contributed by atoms with van der Waals surface area (Å²) in [6.45, 7) is 6.83. The van der Waals surface area contributed by atoms with Crippen molar-refractivity contribution < 1.29 is 16.8 Å². The van der Waals surface area contributed by atoms with Gasteiger partial charge in [-0.1, -0.05) is 0 Å². The molecule has 0 nitrogen and oxygen atoms in total. The topological polar surface area (TPSA) is 0 Å². The summed E-state index contributed by atoms with van der Waals surface area (Å²) in [5, 5.41) is 0. The van der Waals surface area contributed by atoms with Gasteiger partial charge in [0.15, 0.2) is 0 Å². The van der Waals surface area contributed by atoms with E-state index in [0.29, 0.717) is 3.67 Å².